The number of hydrogen-bond acceptors (Lipinski definition) is 3. The Kier molecular flexibility index (Phi) is 6.36. The highest BCUT2D eigenvalue weighted by Gasteiger charge is 2.04. The van der Waals surface area contributed by atoms with Gasteiger partial charge in [0.05, 0.1) is 7.11 Å². The molecule has 1 aromatic carbocycles. The monoisotopic (exact) mass is 279 g/mol. The van der Waals surface area contributed by atoms with Crippen molar-refractivity contribution in [3.05, 3.63) is 24.3 Å². The maximum Gasteiger partial charge on any atom is 0.411 e. The van der Waals surface area contributed by atoms with Crippen molar-refractivity contribution in [2.45, 2.75) is 20.3 Å². The zero-order chi connectivity index (χ0) is 15.0. The van der Waals surface area contributed by atoms with Gasteiger partial charge in [-0.05, 0) is 30.5 Å². The summed E-state index contributed by atoms with van der Waals surface area (Å²) < 4.78 is 4.50. The third-order valence-electron chi connectivity index (χ3n) is 2.56. The van der Waals surface area contributed by atoms with E-state index in [0.717, 1.165) is 6.42 Å². The number of benzene rings is 1. The molecule has 0 spiro atoms. The van der Waals surface area contributed by atoms with Crippen molar-refractivity contribution in [2.24, 2.45) is 5.92 Å². The fraction of sp³-hybridized carbons (Fsp3) is 0.429. The van der Waals surface area contributed by atoms with Crippen molar-refractivity contribution in [3.63, 3.8) is 0 Å². The van der Waals surface area contributed by atoms with Gasteiger partial charge in [-0.3, -0.25) is 5.32 Å². The molecule has 3 N–H and O–H groups in total. The lowest BCUT2D eigenvalue weighted by molar-refractivity contribution is 0.187. The molecule has 20 heavy (non-hydrogen) atoms. The summed E-state index contributed by atoms with van der Waals surface area (Å²) in [4.78, 5) is 22.7. The molecule has 0 saturated heterocycles. The molecule has 0 saturated carbocycles. The van der Waals surface area contributed by atoms with Gasteiger partial charge in [0.15, 0.2) is 0 Å². The first-order chi connectivity index (χ1) is 9.51. The summed E-state index contributed by atoms with van der Waals surface area (Å²) >= 11 is 0. The van der Waals surface area contributed by atoms with Crippen LogP contribution in [0.15, 0.2) is 24.3 Å². The summed E-state index contributed by atoms with van der Waals surface area (Å²) in [6, 6.07) is 6.57. The molecule has 110 valence electrons. The van der Waals surface area contributed by atoms with Gasteiger partial charge in [-0.15, -0.1) is 0 Å². The lowest BCUT2D eigenvalue weighted by Gasteiger charge is -2.10. The van der Waals surface area contributed by atoms with Crippen LogP contribution >= 0.6 is 0 Å². The first kappa shape index (κ1) is 15.8. The minimum absolute atomic E-state index is 0.263. The molecule has 0 bridgehead atoms. The largest absolute Gasteiger partial charge is 0.453 e. The zero-order valence-corrected chi connectivity index (χ0v) is 12.0. The predicted octanol–water partition coefficient (Wildman–Crippen LogP) is 3.03. The van der Waals surface area contributed by atoms with Gasteiger partial charge in [-0.2, -0.15) is 0 Å². The van der Waals surface area contributed by atoms with Crippen LogP contribution in [0, 0.1) is 5.92 Å². The molecule has 0 atom stereocenters. The average Bonchev–Trinajstić information content (AvgIpc) is 2.38. The van der Waals surface area contributed by atoms with Crippen LogP contribution in [0.2, 0.25) is 0 Å². The number of anilines is 2. The number of rotatable bonds is 5. The first-order valence-electron chi connectivity index (χ1n) is 6.51. The van der Waals surface area contributed by atoms with Gasteiger partial charge in [0.1, 0.15) is 0 Å². The fourth-order valence-corrected chi connectivity index (χ4v) is 1.49. The SMILES string of the molecule is COC(=O)Nc1cccc(NC(=O)NCCC(C)C)c1. The van der Waals surface area contributed by atoms with E-state index >= 15 is 0 Å². The van der Waals surface area contributed by atoms with E-state index in [-0.39, 0.29) is 6.03 Å². The maximum absolute atomic E-state index is 11.6. The van der Waals surface area contributed by atoms with E-state index in [2.05, 4.69) is 34.5 Å². The number of ether oxygens (including phenoxy) is 1. The van der Waals surface area contributed by atoms with E-state index in [0.29, 0.717) is 23.8 Å². The molecule has 1 rings (SSSR count). The summed E-state index contributed by atoms with van der Waals surface area (Å²) in [5.41, 5.74) is 1.15. The minimum Gasteiger partial charge on any atom is -0.453 e. The van der Waals surface area contributed by atoms with E-state index in [1.807, 2.05) is 0 Å². The van der Waals surface area contributed by atoms with Gasteiger partial charge in [-0.25, -0.2) is 9.59 Å². The first-order valence-corrected chi connectivity index (χ1v) is 6.51. The van der Waals surface area contributed by atoms with Crippen LogP contribution < -0.4 is 16.0 Å². The summed E-state index contributed by atoms with van der Waals surface area (Å²) in [6.45, 7) is 4.83. The predicted molar refractivity (Wildman–Crippen MR) is 78.9 cm³/mol. The number of hydrogen-bond donors (Lipinski definition) is 3. The van der Waals surface area contributed by atoms with Crippen LogP contribution in [0.5, 0.6) is 0 Å². The second-order valence-electron chi connectivity index (χ2n) is 4.76. The molecular formula is C14H21N3O3. The van der Waals surface area contributed by atoms with Crippen molar-refractivity contribution >= 4 is 23.5 Å². The molecule has 0 unspecified atom stereocenters. The molecule has 0 aliphatic rings. The van der Waals surface area contributed by atoms with E-state index in [1.54, 1.807) is 24.3 Å². The lowest BCUT2D eigenvalue weighted by atomic mass is 10.1. The number of amides is 3. The van der Waals surface area contributed by atoms with Gasteiger partial charge >= 0.3 is 12.1 Å². The Balaban J connectivity index is 2.49. The molecule has 0 radical (unpaired) electrons. The van der Waals surface area contributed by atoms with Crippen LogP contribution in [0.3, 0.4) is 0 Å². The highest BCUT2D eigenvalue weighted by molar-refractivity contribution is 5.91. The van der Waals surface area contributed by atoms with Crippen LogP contribution in [-0.2, 0) is 4.74 Å². The van der Waals surface area contributed by atoms with Gasteiger partial charge in [0, 0.05) is 17.9 Å². The van der Waals surface area contributed by atoms with Crippen molar-refractivity contribution in [1.82, 2.24) is 5.32 Å². The van der Waals surface area contributed by atoms with Crippen molar-refractivity contribution in [2.75, 3.05) is 24.3 Å². The average molecular weight is 279 g/mol. The minimum atomic E-state index is -0.552. The standard InChI is InChI=1S/C14H21N3O3/c1-10(2)7-8-15-13(18)16-11-5-4-6-12(9-11)17-14(19)20-3/h4-6,9-10H,7-8H2,1-3H3,(H,17,19)(H2,15,16,18). The van der Waals surface area contributed by atoms with Crippen LogP contribution in [0.25, 0.3) is 0 Å². The fourth-order valence-electron chi connectivity index (χ4n) is 1.49. The van der Waals surface area contributed by atoms with E-state index in [4.69, 9.17) is 0 Å². The summed E-state index contributed by atoms with van der Waals surface area (Å²) in [7, 11) is 1.29. The zero-order valence-electron chi connectivity index (χ0n) is 12.0. The Hall–Kier alpha value is -2.24. The molecule has 3 amide bonds. The van der Waals surface area contributed by atoms with Crippen LogP contribution in [-0.4, -0.2) is 25.8 Å². The Labute approximate surface area is 118 Å². The Morgan fingerprint density at radius 2 is 1.85 bits per heavy atom. The van der Waals surface area contributed by atoms with Gasteiger partial charge < -0.3 is 15.4 Å². The Morgan fingerprint density at radius 3 is 2.45 bits per heavy atom. The van der Waals surface area contributed by atoms with E-state index in [1.165, 1.54) is 7.11 Å². The van der Waals surface area contributed by atoms with Gasteiger partial charge in [0.25, 0.3) is 0 Å². The summed E-state index contributed by atoms with van der Waals surface area (Å²) in [6.07, 6.45) is 0.376. The highest BCUT2D eigenvalue weighted by Crippen LogP contribution is 2.15. The normalized spacial score (nSPS) is 10.0. The second kappa shape index (κ2) is 8.04. The number of carbonyl (C=O) groups excluding carboxylic acids is 2. The molecule has 0 fully saturated rings. The lowest BCUT2D eigenvalue weighted by Crippen LogP contribution is -2.30. The molecule has 6 nitrogen and oxygen atoms in total. The topological polar surface area (TPSA) is 79.5 Å². The van der Waals surface area contributed by atoms with Crippen molar-refractivity contribution in [1.29, 1.82) is 0 Å². The van der Waals surface area contributed by atoms with Crippen LogP contribution in [0.1, 0.15) is 20.3 Å². The smallest absolute Gasteiger partial charge is 0.411 e. The molecule has 1 aromatic rings. The third kappa shape index (κ3) is 6.08. The molecule has 0 aliphatic heterocycles. The van der Waals surface area contributed by atoms with Gasteiger partial charge in [0.2, 0.25) is 0 Å². The summed E-state index contributed by atoms with van der Waals surface area (Å²) in [5, 5.41) is 8.01. The number of urea groups is 1. The summed E-state index contributed by atoms with van der Waals surface area (Å²) in [5.74, 6) is 0.544. The third-order valence-corrected chi connectivity index (χ3v) is 2.56. The van der Waals surface area contributed by atoms with Crippen molar-refractivity contribution in [3.8, 4) is 0 Å². The van der Waals surface area contributed by atoms with E-state index < -0.39 is 6.09 Å². The number of nitrogens with one attached hydrogen (secondary N) is 3. The number of methoxy groups -OCH3 is 1. The highest BCUT2D eigenvalue weighted by atomic mass is 16.5. The Bertz CT molecular complexity index is 461. The molecule has 0 aromatic heterocycles. The van der Waals surface area contributed by atoms with Crippen LogP contribution in [0.4, 0.5) is 21.0 Å². The van der Waals surface area contributed by atoms with E-state index in [9.17, 15) is 9.59 Å². The second-order valence-corrected chi connectivity index (χ2v) is 4.76. The number of carbonyl (C=O) groups is 2. The Morgan fingerprint density at radius 1 is 1.20 bits per heavy atom. The quantitative estimate of drug-likeness (QED) is 0.775. The molecule has 6 heteroatoms. The van der Waals surface area contributed by atoms with Gasteiger partial charge in [-0.1, -0.05) is 19.9 Å². The van der Waals surface area contributed by atoms with Crippen molar-refractivity contribution < 1.29 is 14.3 Å². The molecular weight excluding hydrogens is 258 g/mol. The maximum atomic E-state index is 11.6. The molecule has 0 aliphatic carbocycles. The molecule has 0 heterocycles.